The number of benzene rings is 1. The fraction of sp³-hybridized carbons (Fsp3) is 0.333. The van der Waals surface area contributed by atoms with Gasteiger partial charge in [0.25, 0.3) is 11.6 Å². The van der Waals surface area contributed by atoms with Gasteiger partial charge in [-0.2, -0.15) is 0 Å². The maximum atomic E-state index is 11.9. The number of nitro groups is 1. The minimum Gasteiger partial charge on any atom is -0.383 e. The number of nitrogens with one attached hydrogen (secondary N) is 2. The summed E-state index contributed by atoms with van der Waals surface area (Å²) in [5.41, 5.74) is -0.0143. The summed E-state index contributed by atoms with van der Waals surface area (Å²) < 4.78 is 5.34. The molecule has 9 heteroatoms. The summed E-state index contributed by atoms with van der Waals surface area (Å²) >= 11 is 1.90. The van der Waals surface area contributed by atoms with Crippen molar-refractivity contribution in [2.45, 2.75) is 0 Å². The Morgan fingerprint density at radius 2 is 2.10 bits per heavy atom. The van der Waals surface area contributed by atoms with E-state index in [1.807, 2.05) is 22.6 Å². The number of nitrogens with zero attached hydrogens (tertiary/aromatic N) is 1. The summed E-state index contributed by atoms with van der Waals surface area (Å²) in [4.78, 5) is 33.5. The lowest BCUT2D eigenvalue weighted by molar-refractivity contribution is -0.384. The van der Waals surface area contributed by atoms with Gasteiger partial charge >= 0.3 is 0 Å². The van der Waals surface area contributed by atoms with Crippen LogP contribution in [0.15, 0.2) is 18.2 Å². The number of hydrogen-bond acceptors (Lipinski definition) is 5. The number of amides is 2. The van der Waals surface area contributed by atoms with E-state index < -0.39 is 10.8 Å². The minimum atomic E-state index is -0.579. The fourth-order valence-electron chi connectivity index (χ4n) is 1.41. The Morgan fingerprint density at radius 1 is 1.38 bits per heavy atom. The number of halogens is 1. The molecule has 0 saturated heterocycles. The van der Waals surface area contributed by atoms with Crippen molar-refractivity contribution >= 4 is 40.1 Å². The normalized spacial score (nSPS) is 10.0. The van der Waals surface area contributed by atoms with Crippen LogP contribution in [0.2, 0.25) is 0 Å². The van der Waals surface area contributed by atoms with Gasteiger partial charge < -0.3 is 15.4 Å². The quantitative estimate of drug-likeness (QED) is 0.299. The predicted octanol–water partition coefficient (Wildman–Crippen LogP) is 0.692. The summed E-state index contributed by atoms with van der Waals surface area (Å²) in [5, 5.41) is 15.7. The molecule has 2 amide bonds. The molecule has 1 aromatic rings. The van der Waals surface area contributed by atoms with Gasteiger partial charge in [0, 0.05) is 29.4 Å². The van der Waals surface area contributed by atoms with Crippen LogP contribution in [0.4, 0.5) is 5.69 Å². The maximum absolute atomic E-state index is 11.9. The van der Waals surface area contributed by atoms with Gasteiger partial charge in [-0.15, -0.1) is 0 Å². The zero-order chi connectivity index (χ0) is 15.8. The maximum Gasteiger partial charge on any atom is 0.270 e. The summed E-state index contributed by atoms with van der Waals surface area (Å²) in [6, 6.07) is 3.97. The van der Waals surface area contributed by atoms with Gasteiger partial charge in [0.2, 0.25) is 5.91 Å². The molecule has 8 nitrogen and oxygen atoms in total. The van der Waals surface area contributed by atoms with E-state index in [1.165, 1.54) is 25.3 Å². The van der Waals surface area contributed by atoms with Crippen molar-refractivity contribution in [1.29, 1.82) is 0 Å². The highest BCUT2D eigenvalue weighted by Gasteiger charge is 2.16. The smallest absolute Gasteiger partial charge is 0.270 e. The number of carbonyl (C=O) groups is 2. The molecule has 0 saturated carbocycles. The third-order valence-electron chi connectivity index (χ3n) is 2.44. The fourth-order valence-corrected chi connectivity index (χ4v) is 1.99. The highest BCUT2D eigenvalue weighted by molar-refractivity contribution is 14.1. The van der Waals surface area contributed by atoms with Gasteiger partial charge in [-0.25, -0.2) is 0 Å². The Labute approximate surface area is 134 Å². The Morgan fingerprint density at radius 3 is 2.71 bits per heavy atom. The highest BCUT2D eigenvalue weighted by atomic mass is 127. The topological polar surface area (TPSA) is 111 Å². The standard InChI is InChI=1S/C12H14IN3O5/c1-21-5-4-14-11(17)7-15-12(18)9-6-8(16(19)20)2-3-10(9)13/h2-3,6H,4-5,7H2,1H3,(H,14,17)(H,15,18). The zero-order valence-corrected chi connectivity index (χ0v) is 13.4. The summed E-state index contributed by atoms with van der Waals surface area (Å²) in [7, 11) is 1.51. The van der Waals surface area contributed by atoms with Crippen molar-refractivity contribution in [2.75, 3.05) is 26.8 Å². The Balaban J connectivity index is 2.61. The Kier molecular flexibility index (Phi) is 7.02. The second-order valence-electron chi connectivity index (χ2n) is 3.95. The molecule has 0 bridgehead atoms. The van der Waals surface area contributed by atoms with Gasteiger partial charge in [0.05, 0.1) is 23.6 Å². The summed E-state index contributed by atoms with van der Waals surface area (Å²) in [5.74, 6) is -0.897. The van der Waals surface area contributed by atoms with Crippen LogP contribution in [-0.2, 0) is 9.53 Å². The van der Waals surface area contributed by atoms with Crippen molar-refractivity contribution in [3.63, 3.8) is 0 Å². The van der Waals surface area contributed by atoms with Crippen LogP contribution in [0, 0.1) is 13.7 Å². The third kappa shape index (κ3) is 5.63. The molecule has 1 aromatic carbocycles. The number of methoxy groups -OCH3 is 1. The molecule has 1 rings (SSSR count). The number of rotatable bonds is 7. The second kappa shape index (κ2) is 8.52. The first-order valence-electron chi connectivity index (χ1n) is 5.93. The molecule has 0 spiro atoms. The molecule has 0 heterocycles. The van der Waals surface area contributed by atoms with E-state index in [-0.39, 0.29) is 23.7 Å². The third-order valence-corrected chi connectivity index (χ3v) is 3.38. The van der Waals surface area contributed by atoms with Crippen molar-refractivity contribution < 1.29 is 19.2 Å². The highest BCUT2D eigenvalue weighted by Crippen LogP contribution is 2.19. The first kappa shape index (κ1) is 17.3. The van der Waals surface area contributed by atoms with Gasteiger partial charge in [0.1, 0.15) is 0 Å². The van der Waals surface area contributed by atoms with Crippen LogP contribution >= 0.6 is 22.6 Å². The van der Waals surface area contributed by atoms with E-state index in [1.54, 1.807) is 0 Å². The van der Waals surface area contributed by atoms with E-state index in [4.69, 9.17) is 4.74 Å². The molecule has 0 aliphatic carbocycles. The van der Waals surface area contributed by atoms with Crippen molar-refractivity contribution in [3.05, 3.63) is 37.4 Å². The predicted molar refractivity (Wildman–Crippen MR) is 83.0 cm³/mol. The van der Waals surface area contributed by atoms with Gasteiger partial charge in [0.15, 0.2) is 0 Å². The number of carbonyl (C=O) groups excluding carboxylic acids is 2. The van der Waals surface area contributed by atoms with Gasteiger partial charge in [-0.3, -0.25) is 19.7 Å². The number of nitro benzene ring substituents is 1. The van der Waals surface area contributed by atoms with E-state index >= 15 is 0 Å². The van der Waals surface area contributed by atoms with Crippen molar-refractivity contribution in [2.24, 2.45) is 0 Å². The number of hydrogen-bond donors (Lipinski definition) is 2. The molecular weight excluding hydrogens is 393 g/mol. The zero-order valence-electron chi connectivity index (χ0n) is 11.2. The minimum absolute atomic E-state index is 0.162. The lowest BCUT2D eigenvalue weighted by Gasteiger charge is -2.07. The number of ether oxygens (including phenoxy) is 1. The molecule has 21 heavy (non-hydrogen) atoms. The summed E-state index contributed by atoms with van der Waals surface area (Å²) in [6.45, 7) is 0.517. The van der Waals surface area contributed by atoms with E-state index in [0.717, 1.165) is 0 Å². The van der Waals surface area contributed by atoms with Crippen LogP contribution in [0.3, 0.4) is 0 Å². The largest absolute Gasteiger partial charge is 0.383 e. The second-order valence-corrected chi connectivity index (χ2v) is 5.11. The SMILES string of the molecule is COCCNC(=O)CNC(=O)c1cc([N+](=O)[O-])ccc1I. The molecule has 0 atom stereocenters. The first-order valence-corrected chi connectivity index (χ1v) is 7.01. The average Bonchev–Trinajstić information content (AvgIpc) is 2.45. The molecule has 2 N–H and O–H groups in total. The molecule has 0 fully saturated rings. The lowest BCUT2D eigenvalue weighted by atomic mass is 10.2. The molecular formula is C12H14IN3O5. The van der Waals surface area contributed by atoms with Crippen LogP contribution in [0.25, 0.3) is 0 Å². The first-order chi connectivity index (χ1) is 9.95. The summed E-state index contributed by atoms with van der Waals surface area (Å²) in [6.07, 6.45) is 0. The molecule has 0 unspecified atom stereocenters. The van der Waals surface area contributed by atoms with Crippen LogP contribution in [-0.4, -0.2) is 43.5 Å². The molecule has 0 radical (unpaired) electrons. The van der Waals surface area contributed by atoms with E-state index in [9.17, 15) is 19.7 Å². The molecule has 0 aliphatic rings. The van der Waals surface area contributed by atoms with E-state index in [0.29, 0.717) is 16.7 Å². The molecule has 114 valence electrons. The Bertz CT molecular complexity index is 550. The average molecular weight is 407 g/mol. The monoisotopic (exact) mass is 407 g/mol. The lowest BCUT2D eigenvalue weighted by Crippen LogP contribution is -2.38. The Hall–Kier alpha value is -1.75. The van der Waals surface area contributed by atoms with Crippen LogP contribution < -0.4 is 10.6 Å². The van der Waals surface area contributed by atoms with Gasteiger partial charge in [-0.05, 0) is 28.7 Å². The van der Waals surface area contributed by atoms with Gasteiger partial charge in [-0.1, -0.05) is 0 Å². The van der Waals surface area contributed by atoms with Crippen molar-refractivity contribution in [3.8, 4) is 0 Å². The van der Waals surface area contributed by atoms with E-state index in [2.05, 4.69) is 10.6 Å². The van der Waals surface area contributed by atoms with Crippen LogP contribution in [0.5, 0.6) is 0 Å². The van der Waals surface area contributed by atoms with Crippen molar-refractivity contribution in [1.82, 2.24) is 10.6 Å². The number of non-ortho nitro benzene ring substituents is 1. The molecule has 0 aromatic heterocycles. The van der Waals surface area contributed by atoms with Crippen LogP contribution in [0.1, 0.15) is 10.4 Å². The molecule has 0 aliphatic heterocycles.